The summed E-state index contributed by atoms with van der Waals surface area (Å²) in [4.78, 5) is 0. The third-order valence-corrected chi connectivity index (χ3v) is 9.75. The molecule has 2 heterocycles. The Morgan fingerprint density at radius 3 is 1.79 bits per heavy atom. The number of hydrogen-bond donors (Lipinski definition) is 2. The summed E-state index contributed by atoms with van der Waals surface area (Å²) in [6.45, 7) is 12.0. The van der Waals surface area contributed by atoms with Crippen LogP contribution in [0.4, 0.5) is 22.7 Å². The van der Waals surface area contributed by atoms with Gasteiger partial charge in [0.2, 0.25) is 0 Å². The van der Waals surface area contributed by atoms with Crippen LogP contribution in [0.1, 0.15) is 73.2 Å². The number of nitrogens with one attached hydrogen (secondary N) is 2. The van der Waals surface area contributed by atoms with E-state index in [2.05, 4.69) is 67.8 Å². The van der Waals surface area contributed by atoms with Crippen molar-refractivity contribution in [2.45, 2.75) is 52.4 Å². The molecule has 0 fully saturated rings. The first kappa shape index (κ1) is 26.0. The molecule has 6 nitrogen and oxygen atoms in total. The van der Waals surface area contributed by atoms with Crippen LogP contribution in [0.5, 0.6) is 23.0 Å². The number of anilines is 4. The lowest BCUT2D eigenvalue weighted by molar-refractivity contribution is 0.482. The van der Waals surface area contributed by atoms with Gasteiger partial charge >= 0.3 is 0 Å². The molecular formula is C56H50N2O4. The van der Waals surface area contributed by atoms with Crippen molar-refractivity contribution in [2.75, 3.05) is 10.6 Å². The Labute approximate surface area is 383 Å². The van der Waals surface area contributed by atoms with Crippen molar-refractivity contribution in [1.29, 1.82) is 0 Å². The largest absolute Gasteiger partial charge is 0.457 e. The normalized spacial score (nSPS) is 15.1. The van der Waals surface area contributed by atoms with Gasteiger partial charge in [-0.1, -0.05) is 90.0 Å². The van der Waals surface area contributed by atoms with Gasteiger partial charge < -0.3 is 28.9 Å². The lowest BCUT2D eigenvalue weighted by Gasteiger charge is -2.18. The van der Waals surface area contributed by atoms with Gasteiger partial charge in [0.05, 0.1) is 20.6 Å². The second kappa shape index (κ2) is 16.5. The average Bonchev–Trinajstić information content (AvgIpc) is 4.06. The van der Waals surface area contributed by atoms with Crippen LogP contribution in [-0.2, 0) is 10.8 Å². The van der Waals surface area contributed by atoms with Crippen molar-refractivity contribution in [1.82, 2.24) is 0 Å². The first-order valence-corrected chi connectivity index (χ1v) is 19.8. The molecule has 308 valence electrons. The topological polar surface area (TPSA) is 68.8 Å². The number of rotatable bonds is 8. The molecule has 0 aliphatic heterocycles. The summed E-state index contributed by atoms with van der Waals surface area (Å²) in [6.07, 6.45) is 0. The number of fused-ring (bicyclic) bond motifs is 6. The van der Waals surface area contributed by atoms with E-state index in [1.54, 1.807) is 20.8 Å². The van der Waals surface area contributed by atoms with Gasteiger partial charge in [0.15, 0.2) is 0 Å². The second-order valence-corrected chi connectivity index (χ2v) is 16.5. The van der Waals surface area contributed by atoms with Crippen molar-refractivity contribution < 1.29 is 38.9 Å². The van der Waals surface area contributed by atoms with Crippen LogP contribution in [0, 0.1) is 0 Å². The maximum absolute atomic E-state index is 8.82. The van der Waals surface area contributed by atoms with Crippen LogP contribution in [0.25, 0.3) is 43.9 Å². The van der Waals surface area contributed by atoms with E-state index < -0.39 is 101 Å². The SMILES string of the molecule is CC(C)(C)c1ccc2oc3cc(Nc4ccc(Oc5ccccc5)cc4)ccc3c2c1.[2H]c1c([2H])c([2H])c(Oc2c([2H])c([2H])c(Nc3c([2H])c([2H])c4c(oc5c([2H])c([2H])c(C(C)(C)C)c([2H])c54)c3[2H])c([2H])c2[2H])c([2H])c1[2H]. The second-order valence-electron chi connectivity index (χ2n) is 16.5. The molecule has 0 bridgehead atoms. The van der Waals surface area contributed by atoms with Crippen molar-refractivity contribution >= 4 is 66.6 Å². The van der Waals surface area contributed by atoms with E-state index in [1.165, 1.54) is 5.56 Å². The molecule has 0 saturated carbocycles. The number of hydrogen-bond acceptors (Lipinski definition) is 6. The van der Waals surface area contributed by atoms with Crippen molar-refractivity contribution in [3.63, 3.8) is 0 Å². The maximum atomic E-state index is 8.82. The zero-order valence-electron chi connectivity index (χ0n) is 49.8. The van der Waals surface area contributed by atoms with Gasteiger partial charge in [0.25, 0.3) is 0 Å². The van der Waals surface area contributed by atoms with Gasteiger partial charge in [-0.25, -0.2) is 0 Å². The zero-order chi connectivity index (χ0) is 55.9. The molecule has 0 amide bonds. The van der Waals surface area contributed by atoms with Gasteiger partial charge in [0, 0.05) is 56.4 Å². The molecule has 0 aliphatic rings. The van der Waals surface area contributed by atoms with E-state index >= 15 is 0 Å². The fourth-order valence-electron chi connectivity index (χ4n) is 6.48. The van der Waals surface area contributed by atoms with E-state index in [0.29, 0.717) is 0 Å². The first-order chi connectivity index (χ1) is 36.2. The molecule has 0 unspecified atom stereocenters. The highest BCUT2D eigenvalue weighted by atomic mass is 16.5. The van der Waals surface area contributed by atoms with Crippen LogP contribution in [-0.4, -0.2) is 0 Å². The Morgan fingerprint density at radius 1 is 0.403 bits per heavy atom. The quantitative estimate of drug-likeness (QED) is 0.159. The van der Waals surface area contributed by atoms with Crippen molar-refractivity contribution in [3.05, 3.63) is 193 Å². The van der Waals surface area contributed by atoms with Crippen LogP contribution in [0.2, 0.25) is 0 Å². The predicted molar refractivity (Wildman–Crippen MR) is 257 cm³/mol. The van der Waals surface area contributed by atoms with Crippen LogP contribution in [0.15, 0.2) is 190 Å². The van der Waals surface area contributed by atoms with Gasteiger partial charge in [-0.2, -0.15) is 0 Å². The van der Waals surface area contributed by atoms with Crippen LogP contribution >= 0.6 is 0 Å². The van der Waals surface area contributed by atoms with Gasteiger partial charge in [0.1, 0.15) is 45.3 Å². The fourth-order valence-corrected chi connectivity index (χ4v) is 6.48. The molecule has 8 aromatic carbocycles. The highest BCUT2D eigenvalue weighted by molar-refractivity contribution is 6.07. The number of para-hydroxylation sites is 2. The van der Waals surface area contributed by atoms with Crippen molar-refractivity contribution in [2.24, 2.45) is 0 Å². The van der Waals surface area contributed by atoms with E-state index in [-0.39, 0.29) is 51.0 Å². The summed E-state index contributed by atoms with van der Waals surface area (Å²) in [5, 5.41) is 8.19. The smallest absolute Gasteiger partial charge is 0.137 e. The first-order valence-electron chi connectivity index (χ1n) is 27.3. The molecule has 10 aromatic rings. The fraction of sp³-hybridized carbons (Fsp3) is 0.143. The highest BCUT2D eigenvalue weighted by Crippen LogP contribution is 2.37. The van der Waals surface area contributed by atoms with Gasteiger partial charge in [-0.05, 0) is 143 Å². The monoisotopic (exact) mass is 829 g/mol. The Bertz CT molecular complexity index is 3960. The van der Waals surface area contributed by atoms with E-state index in [1.807, 2.05) is 54.6 Å². The minimum absolute atomic E-state index is 0.00197. The van der Waals surface area contributed by atoms with E-state index in [0.717, 1.165) is 44.8 Å². The van der Waals surface area contributed by atoms with E-state index in [9.17, 15) is 0 Å². The zero-order valence-corrected chi connectivity index (χ0v) is 34.8. The van der Waals surface area contributed by atoms with Gasteiger partial charge in [-0.15, -0.1) is 0 Å². The molecule has 2 aromatic heterocycles. The summed E-state index contributed by atoms with van der Waals surface area (Å²) >= 11 is 0. The highest BCUT2D eigenvalue weighted by Gasteiger charge is 2.18. The lowest BCUT2D eigenvalue weighted by Crippen LogP contribution is -2.10. The summed E-state index contributed by atoms with van der Waals surface area (Å²) in [6, 6.07) is 21.3. The summed E-state index contributed by atoms with van der Waals surface area (Å²) in [5.41, 5.74) is 3.23. The third kappa shape index (κ3) is 9.01. The number of furan rings is 2. The molecule has 0 saturated heterocycles. The molecule has 0 radical (unpaired) electrons. The summed E-state index contributed by atoms with van der Waals surface area (Å²) in [7, 11) is 0. The third-order valence-electron chi connectivity index (χ3n) is 9.75. The van der Waals surface area contributed by atoms with Crippen molar-refractivity contribution in [3.8, 4) is 23.0 Å². The molecule has 0 spiro atoms. The summed E-state index contributed by atoms with van der Waals surface area (Å²) < 4.78 is 149. The molecular weight excluding hydrogens is 765 g/mol. The van der Waals surface area contributed by atoms with E-state index in [4.69, 9.17) is 38.9 Å². The molecule has 10 rings (SSSR count). The predicted octanol–water partition coefficient (Wildman–Crippen LogP) is 16.8. The van der Waals surface area contributed by atoms with Crippen LogP contribution < -0.4 is 20.1 Å². The maximum Gasteiger partial charge on any atom is 0.137 e. The molecule has 6 heteroatoms. The minimum atomic E-state index is -0.806. The number of benzene rings is 8. The standard InChI is InChI=1S/2C28H25NO2/c2*1-28(2,3)19-9-16-26-25(17-19)24-15-12-21(18-27(24)31-26)29-20-10-13-23(14-11-20)30-22-7-5-4-6-8-22/h2*4-18,29H,1-3H3/i4D,5D,6D,7D,8D,9D,10D,11D,12D,13D,14D,15D,16D,17D,18D;. The Kier molecular flexibility index (Phi) is 6.94. The summed E-state index contributed by atoms with van der Waals surface area (Å²) in [5.74, 6) is 0.181. The Balaban J connectivity index is 0.000000202. The number of ether oxygens (including phenoxy) is 2. The Morgan fingerprint density at radius 2 is 1.05 bits per heavy atom. The average molecular weight is 830 g/mol. The lowest BCUT2D eigenvalue weighted by atomic mass is 9.86. The Hall–Kier alpha value is -7.44. The molecule has 0 aliphatic carbocycles. The minimum Gasteiger partial charge on any atom is -0.457 e. The molecule has 2 N–H and O–H groups in total. The van der Waals surface area contributed by atoms with Crippen LogP contribution in [0.3, 0.4) is 0 Å². The van der Waals surface area contributed by atoms with Gasteiger partial charge in [-0.3, -0.25) is 0 Å². The molecule has 0 atom stereocenters. The molecule has 62 heavy (non-hydrogen) atoms.